The highest BCUT2D eigenvalue weighted by Gasteiger charge is 2.11. The average molecular weight is 383 g/mol. The number of hydrogen-bond acceptors (Lipinski definition) is 5. The molecule has 7 heteroatoms. The fourth-order valence-corrected chi connectivity index (χ4v) is 3.56. The van der Waals surface area contributed by atoms with Gasteiger partial charge in [-0.05, 0) is 30.2 Å². The van der Waals surface area contributed by atoms with E-state index in [2.05, 4.69) is 10.3 Å². The Morgan fingerprint density at radius 3 is 2.74 bits per heavy atom. The van der Waals surface area contributed by atoms with Crippen LogP contribution in [0.1, 0.15) is 5.56 Å². The van der Waals surface area contributed by atoms with Crippen LogP contribution in [0, 0.1) is 0 Å². The minimum absolute atomic E-state index is 0.0997. The molecule has 0 aliphatic rings. The Hall–Kier alpha value is -2.80. The molecule has 27 heavy (non-hydrogen) atoms. The second-order valence-electron chi connectivity index (χ2n) is 5.98. The first kappa shape index (κ1) is 19.0. The van der Waals surface area contributed by atoms with Crippen LogP contribution in [0.5, 0.6) is 5.75 Å². The number of thioether (sulfide) groups is 1. The molecule has 1 heterocycles. The number of rotatable bonds is 7. The number of ether oxygens (including phenoxy) is 1. The van der Waals surface area contributed by atoms with Crippen molar-refractivity contribution in [3.63, 3.8) is 0 Å². The first-order chi connectivity index (χ1) is 13.1. The molecule has 2 aromatic carbocycles. The van der Waals surface area contributed by atoms with E-state index >= 15 is 0 Å². The normalized spacial score (nSPS) is 10.7. The van der Waals surface area contributed by atoms with Gasteiger partial charge in [0.15, 0.2) is 5.16 Å². The van der Waals surface area contributed by atoms with E-state index < -0.39 is 0 Å². The summed E-state index contributed by atoms with van der Waals surface area (Å²) in [6, 6.07) is 15.0. The van der Waals surface area contributed by atoms with E-state index in [9.17, 15) is 9.59 Å². The molecule has 1 aromatic heterocycles. The van der Waals surface area contributed by atoms with Crippen molar-refractivity contribution in [3.8, 4) is 5.75 Å². The Kier molecular flexibility index (Phi) is 6.13. The third kappa shape index (κ3) is 4.49. The summed E-state index contributed by atoms with van der Waals surface area (Å²) in [5.41, 5.74) is 1.57. The van der Waals surface area contributed by atoms with Gasteiger partial charge in [0, 0.05) is 13.6 Å². The van der Waals surface area contributed by atoms with E-state index in [1.54, 1.807) is 26.3 Å². The number of carbonyl (C=O) groups excluding carboxylic acids is 1. The van der Waals surface area contributed by atoms with Crippen molar-refractivity contribution in [3.05, 3.63) is 64.4 Å². The summed E-state index contributed by atoms with van der Waals surface area (Å²) in [6.45, 7) is 0.518. The number of hydrogen-bond donors (Lipinski definition) is 1. The van der Waals surface area contributed by atoms with Gasteiger partial charge in [-0.25, -0.2) is 4.98 Å². The molecular formula is C20H21N3O3S. The molecule has 0 spiro atoms. The number of aromatic nitrogens is 2. The van der Waals surface area contributed by atoms with E-state index in [0.717, 1.165) is 11.3 Å². The topological polar surface area (TPSA) is 73.2 Å². The first-order valence-electron chi connectivity index (χ1n) is 8.57. The number of methoxy groups -OCH3 is 1. The highest BCUT2D eigenvalue weighted by molar-refractivity contribution is 7.99. The van der Waals surface area contributed by atoms with E-state index in [0.29, 0.717) is 29.0 Å². The monoisotopic (exact) mass is 383 g/mol. The molecule has 0 aliphatic carbocycles. The summed E-state index contributed by atoms with van der Waals surface area (Å²) in [5.74, 6) is 0.915. The number of para-hydroxylation sites is 2. The molecule has 0 aliphatic heterocycles. The van der Waals surface area contributed by atoms with E-state index in [1.807, 2.05) is 36.4 Å². The number of nitrogens with one attached hydrogen (secondary N) is 1. The van der Waals surface area contributed by atoms with E-state index in [1.165, 1.54) is 16.3 Å². The molecule has 3 aromatic rings. The van der Waals surface area contributed by atoms with Gasteiger partial charge in [-0.3, -0.25) is 14.2 Å². The molecule has 0 bridgehead atoms. The van der Waals surface area contributed by atoms with Crippen LogP contribution < -0.4 is 15.6 Å². The lowest BCUT2D eigenvalue weighted by molar-refractivity contribution is -0.118. The van der Waals surface area contributed by atoms with E-state index in [-0.39, 0.29) is 17.2 Å². The van der Waals surface area contributed by atoms with Gasteiger partial charge in [0.2, 0.25) is 5.91 Å². The Labute approximate surface area is 161 Å². The fraction of sp³-hybridized carbons (Fsp3) is 0.250. The lowest BCUT2D eigenvalue weighted by atomic mass is 10.1. The van der Waals surface area contributed by atoms with Crippen molar-refractivity contribution >= 4 is 28.6 Å². The van der Waals surface area contributed by atoms with Crippen molar-refractivity contribution in [2.24, 2.45) is 7.05 Å². The summed E-state index contributed by atoms with van der Waals surface area (Å²) in [5, 5.41) is 3.99. The number of fused-ring (bicyclic) bond motifs is 1. The molecule has 6 nitrogen and oxygen atoms in total. The van der Waals surface area contributed by atoms with Crippen LogP contribution >= 0.6 is 11.8 Å². The van der Waals surface area contributed by atoms with Gasteiger partial charge < -0.3 is 10.1 Å². The van der Waals surface area contributed by atoms with Crippen LogP contribution in [0.2, 0.25) is 0 Å². The third-order valence-corrected chi connectivity index (χ3v) is 5.21. The van der Waals surface area contributed by atoms with Crippen molar-refractivity contribution < 1.29 is 9.53 Å². The first-order valence-corrected chi connectivity index (χ1v) is 9.56. The minimum atomic E-state index is -0.111. The average Bonchev–Trinajstić information content (AvgIpc) is 2.70. The summed E-state index contributed by atoms with van der Waals surface area (Å²) < 4.78 is 6.79. The quantitative estimate of drug-likeness (QED) is 0.501. The Balaban J connectivity index is 1.57. The van der Waals surface area contributed by atoms with Gasteiger partial charge in [-0.1, -0.05) is 42.1 Å². The third-order valence-electron chi connectivity index (χ3n) is 4.18. The molecule has 0 radical (unpaired) electrons. The van der Waals surface area contributed by atoms with Crippen molar-refractivity contribution in [2.45, 2.75) is 11.6 Å². The molecule has 0 fully saturated rings. The molecule has 3 rings (SSSR count). The van der Waals surface area contributed by atoms with Crippen LogP contribution in [-0.4, -0.2) is 34.9 Å². The van der Waals surface area contributed by atoms with Crippen LogP contribution in [0.15, 0.2) is 58.5 Å². The highest BCUT2D eigenvalue weighted by Crippen LogP contribution is 2.18. The smallest absolute Gasteiger partial charge is 0.261 e. The Morgan fingerprint density at radius 1 is 1.19 bits per heavy atom. The Bertz CT molecular complexity index is 1020. The number of amides is 1. The highest BCUT2D eigenvalue weighted by atomic mass is 32.2. The molecule has 0 saturated heterocycles. The van der Waals surface area contributed by atoms with Gasteiger partial charge in [0.25, 0.3) is 5.56 Å². The maximum atomic E-state index is 12.4. The second-order valence-corrected chi connectivity index (χ2v) is 6.92. The van der Waals surface area contributed by atoms with Crippen LogP contribution in [-0.2, 0) is 18.3 Å². The summed E-state index contributed by atoms with van der Waals surface area (Å²) in [7, 11) is 3.30. The lowest BCUT2D eigenvalue weighted by Gasteiger charge is -2.10. The Morgan fingerprint density at radius 2 is 1.93 bits per heavy atom. The summed E-state index contributed by atoms with van der Waals surface area (Å²) in [4.78, 5) is 29.0. The van der Waals surface area contributed by atoms with Crippen LogP contribution in [0.25, 0.3) is 10.9 Å². The molecule has 0 atom stereocenters. The number of benzene rings is 2. The molecule has 1 amide bonds. The second kappa shape index (κ2) is 8.73. The van der Waals surface area contributed by atoms with Gasteiger partial charge >= 0.3 is 0 Å². The van der Waals surface area contributed by atoms with Crippen molar-refractivity contribution in [1.82, 2.24) is 14.9 Å². The molecule has 0 unspecified atom stereocenters. The fourth-order valence-electron chi connectivity index (χ4n) is 2.75. The predicted octanol–water partition coefficient (Wildman–Crippen LogP) is 2.39. The minimum Gasteiger partial charge on any atom is -0.496 e. The van der Waals surface area contributed by atoms with Gasteiger partial charge in [0.1, 0.15) is 5.75 Å². The van der Waals surface area contributed by atoms with Gasteiger partial charge in [0.05, 0.1) is 23.8 Å². The number of nitrogens with zero attached hydrogens (tertiary/aromatic N) is 2. The van der Waals surface area contributed by atoms with Gasteiger partial charge in [-0.15, -0.1) is 0 Å². The molecule has 140 valence electrons. The van der Waals surface area contributed by atoms with E-state index in [4.69, 9.17) is 4.74 Å². The summed E-state index contributed by atoms with van der Waals surface area (Å²) in [6.07, 6.45) is 0.688. The molecule has 1 N–H and O–H groups in total. The summed E-state index contributed by atoms with van der Waals surface area (Å²) >= 11 is 1.25. The van der Waals surface area contributed by atoms with Crippen molar-refractivity contribution in [1.29, 1.82) is 0 Å². The SMILES string of the molecule is COc1ccccc1CCNC(=O)CSc1nc2ccccc2c(=O)n1C. The van der Waals surface area contributed by atoms with Crippen LogP contribution in [0.3, 0.4) is 0 Å². The number of carbonyl (C=O) groups is 1. The largest absolute Gasteiger partial charge is 0.496 e. The predicted molar refractivity (Wildman–Crippen MR) is 107 cm³/mol. The standard InChI is InChI=1S/C20H21N3O3S/c1-23-19(25)15-8-4-5-9-16(15)22-20(23)27-13-18(24)21-12-11-14-7-3-6-10-17(14)26-2/h3-10H,11-13H2,1-2H3,(H,21,24). The molecule has 0 saturated carbocycles. The maximum absolute atomic E-state index is 12.4. The lowest BCUT2D eigenvalue weighted by Crippen LogP contribution is -2.28. The maximum Gasteiger partial charge on any atom is 0.261 e. The zero-order chi connectivity index (χ0) is 19.2. The zero-order valence-electron chi connectivity index (χ0n) is 15.3. The zero-order valence-corrected chi connectivity index (χ0v) is 16.1. The molecular weight excluding hydrogens is 362 g/mol. The van der Waals surface area contributed by atoms with Gasteiger partial charge in [-0.2, -0.15) is 0 Å². The van der Waals surface area contributed by atoms with Crippen molar-refractivity contribution in [2.75, 3.05) is 19.4 Å². The van der Waals surface area contributed by atoms with Crippen LogP contribution in [0.4, 0.5) is 0 Å².